The summed E-state index contributed by atoms with van der Waals surface area (Å²) >= 11 is 0. The molecule has 0 aromatic carbocycles. The van der Waals surface area contributed by atoms with E-state index >= 15 is 0 Å². The van der Waals surface area contributed by atoms with Crippen LogP contribution in [0.2, 0.25) is 0 Å². The molecule has 0 aliphatic heterocycles. The van der Waals surface area contributed by atoms with Crippen LogP contribution >= 0.6 is 0 Å². The first kappa shape index (κ1) is 10.6. The number of carbonyl (C=O) groups excluding carboxylic acids is 1. The van der Waals surface area contributed by atoms with Gasteiger partial charge in [-0.1, -0.05) is 0 Å². The number of esters is 1. The van der Waals surface area contributed by atoms with Crippen LogP contribution in [0, 0.1) is 0 Å². The van der Waals surface area contributed by atoms with Crippen molar-refractivity contribution < 1.29 is 9.53 Å². The number of hydrogen-bond donors (Lipinski definition) is 0. The molecule has 0 radical (unpaired) electrons. The Hall–Kier alpha value is -1.52. The number of imidazole rings is 1. The van der Waals surface area contributed by atoms with E-state index in [1.54, 1.807) is 25.1 Å². The third-order valence-electron chi connectivity index (χ3n) is 1.81. The molecule has 0 aliphatic rings. The molecule has 0 aliphatic carbocycles. The Kier molecular flexibility index (Phi) is 3.50. The third kappa shape index (κ3) is 2.48. The summed E-state index contributed by atoms with van der Waals surface area (Å²) in [6.45, 7) is 2.42. The molecule has 5 nitrogen and oxygen atoms in total. The summed E-state index contributed by atoms with van der Waals surface area (Å²) in [4.78, 5) is 17.0. The quantitative estimate of drug-likeness (QED) is 0.656. The minimum atomic E-state index is -0.238. The van der Waals surface area contributed by atoms with E-state index in [1.807, 2.05) is 17.8 Å². The number of nitrogens with zero attached hydrogens (tertiary/aromatic N) is 3. The number of rotatable bonds is 4. The highest BCUT2D eigenvalue weighted by atomic mass is 16.5. The maximum Gasteiger partial charge on any atom is 0.325 e. The molecule has 1 aromatic rings. The molecule has 5 heteroatoms. The molecule has 0 spiro atoms. The smallest absolute Gasteiger partial charge is 0.325 e. The van der Waals surface area contributed by atoms with Crippen molar-refractivity contribution in [1.29, 1.82) is 0 Å². The number of aryl methyl sites for hydroxylation is 1. The van der Waals surface area contributed by atoms with Gasteiger partial charge in [0.15, 0.2) is 0 Å². The van der Waals surface area contributed by atoms with Gasteiger partial charge in [0.1, 0.15) is 6.54 Å². The second-order valence-corrected chi connectivity index (χ2v) is 3.00. The molecule has 1 aromatic heterocycles. The standard InChI is InChI=1S/C9H15N3O2/c1-4-14-8(13)7-12(3)9-10-5-6-11(9)2/h5-6H,4,7H2,1-3H3. The summed E-state index contributed by atoms with van der Waals surface area (Å²) in [7, 11) is 3.68. The molecule has 0 unspecified atom stereocenters. The van der Waals surface area contributed by atoms with E-state index in [4.69, 9.17) is 4.74 Å². The number of aromatic nitrogens is 2. The van der Waals surface area contributed by atoms with Crippen LogP contribution in [0.25, 0.3) is 0 Å². The average Bonchev–Trinajstić information content (AvgIpc) is 2.51. The Morgan fingerprint density at radius 3 is 2.93 bits per heavy atom. The van der Waals surface area contributed by atoms with Gasteiger partial charge < -0.3 is 14.2 Å². The Morgan fingerprint density at radius 1 is 1.71 bits per heavy atom. The fraction of sp³-hybridized carbons (Fsp3) is 0.556. The Morgan fingerprint density at radius 2 is 2.43 bits per heavy atom. The van der Waals surface area contributed by atoms with Crippen LogP contribution in [0.15, 0.2) is 12.4 Å². The minimum Gasteiger partial charge on any atom is -0.465 e. The topological polar surface area (TPSA) is 47.4 Å². The largest absolute Gasteiger partial charge is 0.465 e. The monoisotopic (exact) mass is 197 g/mol. The zero-order chi connectivity index (χ0) is 10.6. The van der Waals surface area contributed by atoms with Gasteiger partial charge in [-0.25, -0.2) is 4.98 Å². The lowest BCUT2D eigenvalue weighted by Crippen LogP contribution is -2.29. The molecular formula is C9H15N3O2. The van der Waals surface area contributed by atoms with Crippen molar-refractivity contribution >= 4 is 11.9 Å². The van der Waals surface area contributed by atoms with Crippen LogP contribution in [0.3, 0.4) is 0 Å². The van der Waals surface area contributed by atoms with E-state index in [2.05, 4.69) is 4.98 Å². The fourth-order valence-corrected chi connectivity index (χ4v) is 1.20. The Bertz CT molecular complexity index is 309. The highest BCUT2D eigenvalue weighted by Crippen LogP contribution is 2.06. The summed E-state index contributed by atoms with van der Waals surface area (Å²) in [6, 6.07) is 0. The van der Waals surface area contributed by atoms with Gasteiger partial charge in [-0.3, -0.25) is 4.79 Å². The number of anilines is 1. The van der Waals surface area contributed by atoms with E-state index in [0.717, 1.165) is 5.95 Å². The zero-order valence-electron chi connectivity index (χ0n) is 8.73. The van der Waals surface area contributed by atoms with Gasteiger partial charge >= 0.3 is 5.97 Å². The summed E-state index contributed by atoms with van der Waals surface area (Å²) in [6.07, 6.45) is 3.52. The van der Waals surface area contributed by atoms with Crippen LogP contribution < -0.4 is 4.90 Å². The number of likely N-dealkylation sites (N-methyl/N-ethyl adjacent to an activating group) is 1. The number of hydrogen-bond acceptors (Lipinski definition) is 4. The van der Waals surface area contributed by atoms with Crippen LogP contribution in [-0.2, 0) is 16.6 Å². The molecule has 78 valence electrons. The molecule has 0 bridgehead atoms. The molecule has 0 amide bonds. The van der Waals surface area contributed by atoms with Crippen molar-refractivity contribution in [3.8, 4) is 0 Å². The van der Waals surface area contributed by atoms with Crippen LogP contribution in [0.4, 0.5) is 5.95 Å². The molecular weight excluding hydrogens is 182 g/mol. The first-order valence-corrected chi connectivity index (χ1v) is 4.49. The first-order chi connectivity index (χ1) is 6.65. The van der Waals surface area contributed by atoms with Crippen molar-refractivity contribution in [2.75, 3.05) is 25.1 Å². The first-order valence-electron chi connectivity index (χ1n) is 4.49. The van der Waals surface area contributed by atoms with Gasteiger partial charge in [0, 0.05) is 26.5 Å². The van der Waals surface area contributed by atoms with Gasteiger partial charge in [-0.15, -0.1) is 0 Å². The lowest BCUT2D eigenvalue weighted by Gasteiger charge is -2.16. The highest BCUT2D eigenvalue weighted by molar-refractivity contribution is 5.74. The number of ether oxygens (including phenoxy) is 1. The summed E-state index contributed by atoms with van der Waals surface area (Å²) in [5, 5.41) is 0. The van der Waals surface area contributed by atoms with Crippen molar-refractivity contribution in [2.24, 2.45) is 7.05 Å². The number of carbonyl (C=O) groups is 1. The van der Waals surface area contributed by atoms with Crippen molar-refractivity contribution in [1.82, 2.24) is 9.55 Å². The van der Waals surface area contributed by atoms with E-state index in [0.29, 0.717) is 6.61 Å². The molecule has 0 saturated carbocycles. The van der Waals surface area contributed by atoms with E-state index in [-0.39, 0.29) is 12.5 Å². The van der Waals surface area contributed by atoms with Gasteiger partial charge in [-0.05, 0) is 6.92 Å². The fourth-order valence-electron chi connectivity index (χ4n) is 1.20. The molecule has 0 atom stereocenters. The van der Waals surface area contributed by atoms with Crippen LogP contribution in [0.5, 0.6) is 0 Å². The average molecular weight is 197 g/mol. The molecule has 1 rings (SSSR count). The maximum atomic E-state index is 11.2. The minimum absolute atomic E-state index is 0.221. The van der Waals surface area contributed by atoms with Crippen LogP contribution in [0.1, 0.15) is 6.92 Å². The molecule has 1 heterocycles. The summed E-state index contributed by atoms with van der Waals surface area (Å²) < 4.78 is 6.68. The van der Waals surface area contributed by atoms with Gasteiger partial charge in [0.05, 0.1) is 6.61 Å². The third-order valence-corrected chi connectivity index (χ3v) is 1.81. The predicted octanol–water partition coefficient (Wildman–Crippen LogP) is 0.419. The van der Waals surface area contributed by atoms with E-state index in [1.165, 1.54) is 0 Å². The Balaban J connectivity index is 2.54. The highest BCUT2D eigenvalue weighted by Gasteiger charge is 2.10. The van der Waals surface area contributed by atoms with Gasteiger partial charge in [0.25, 0.3) is 0 Å². The van der Waals surface area contributed by atoms with E-state index in [9.17, 15) is 4.79 Å². The second-order valence-electron chi connectivity index (χ2n) is 3.00. The van der Waals surface area contributed by atoms with E-state index < -0.39 is 0 Å². The summed E-state index contributed by atoms with van der Waals surface area (Å²) in [5.74, 6) is 0.510. The SMILES string of the molecule is CCOC(=O)CN(C)c1nccn1C. The zero-order valence-corrected chi connectivity index (χ0v) is 8.73. The molecule has 14 heavy (non-hydrogen) atoms. The van der Waals surface area contributed by atoms with Crippen LogP contribution in [-0.4, -0.2) is 35.7 Å². The second kappa shape index (κ2) is 4.64. The molecule has 0 N–H and O–H groups in total. The lowest BCUT2D eigenvalue weighted by atomic mass is 10.6. The molecule has 0 fully saturated rings. The normalized spacial score (nSPS) is 9.93. The Labute approximate surface area is 83.3 Å². The predicted molar refractivity (Wildman–Crippen MR) is 53.1 cm³/mol. The van der Waals surface area contributed by atoms with Crippen molar-refractivity contribution in [3.63, 3.8) is 0 Å². The summed E-state index contributed by atoms with van der Waals surface area (Å²) in [5.41, 5.74) is 0. The lowest BCUT2D eigenvalue weighted by molar-refractivity contribution is -0.141. The van der Waals surface area contributed by atoms with Crippen molar-refractivity contribution in [2.45, 2.75) is 6.92 Å². The van der Waals surface area contributed by atoms with Gasteiger partial charge in [-0.2, -0.15) is 0 Å². The van der Waals surface area contributed by atoms with Gasteiger partial charge in [0.2, 0.25) is 5.95 Å². The van der Waals surface area contributed by atoms with Crippen molar-refractivity contribution in [3.05, 3.63) is 12.4 Å². The molecule has 0 saturated heterocycles. The maximum absolute atomic E-state index is 11.2.